The van der Waals surface area contributed by atoms with Crippen LogP contribution < -0.4 is 20.2 Å². The monoisotopic (exact) mass is 488 g/mol. The molecule has 0 saturated heterocycles. The quantitative estimate of drug-likeness (QED) is 0.344. The summed E-state index contributed by atoms with van der Waals surface area (Å²) in [7, 11) is 1.54. The molecule has 0 atom stereocenters. The molecule has 2 aromatic carbocycles. The van der Waals surface area contributed by atoms with Crippen LogP contribution in [0.2, 0.25) is 0 Å². The highest BCUT2D eigenvalue weighted by atomic mass is 79.9. The van der Waals surface area contributed by atoms with E-state index in [2.05, 4.69) is 36.8 Å². The number of hydrogen-bond donors (Lipinski definition) is 2. The number of methoxy groups -OCH3 is 1. The van der Waals surface area contributed by atoms with Gasteiger partial charge in [-0.1, -0.05) is 18.2 Å². The van der Waals surface area contributed by atoms with Crippen LogP contribution >= 0.6 is 27.3 Å². The number of carbonyl (C=O) groups excluding carboxylic acids is 1. The second kappa shape index (κ2) is 10.2. The standard InChI is InChI=1S/C21H21BrN4O3S/c1-13-6-4-5-7-17(13)25-19(27)11-29-20-16(22)8-15(9-18(20)28-3)10-23-26-21-24-14(2)12-30-21/h4-10,12H,11H2,1-3H3,(H,24,26)(H,25,27). The van der Waals surface area contributed by atoms with Crippen molar-refractivity contribution < 1.29 is 14.3 Å². The number of benzene rings is 2. The number of nitrogens with one attached hydrogen (secondary N) is 2. The topological polar surface area (TPSA) is 84.8 Å². The number of thiazole rings is 1. The van der Waals surface area contributed by atoms with E-state index < -0.39 is 0 Å². The minimum absolute atomic E-state index is 0.151. The lowest BCUT2D eigenvalue weighted by atomic mass is 10.2. The van der Waals surface area contributed by atoms with Crippen LogP contribution in [0.1, 0.15) is 16.8 Å². The summed E-state index contributed by atoms with van der Waals surface area (Å²) in [6.45, 7) is 3.70. The van der Waals surface area contributed by atoms with Crippen LogP contribution in [0, 0.1) is 13.8 Å². The number of rotatable bonds is 8. The average Bonchev–Trinajstić information content (AvgIpc) is 3.13. The maximum atomic E-state index is 12.3. The van der Waals surface area contributed by atoms with Crippen molar-refractivity contribution in [3.63, 3.8) is 0 Å². The van der Waals surface area contributed by atoms with Crippen molar-refractivity contribution in [2.75, 3.05) is 24.5 Å². The second-order valence-corrected chi connectivity index (χ2v) is 8.06. The highest BCUT2D eigenvalue weighted by Gasteiger charge is 2.14. The van der Waals surface area contributed by atoms with Gasteiger partial charge in [0.2, 0.25) is 5.13 Å². The number of para-hydroxylation sites is 1. The fourth-order valence-corrected chi connectivity index (χ4v) is 3.77. The van der Waals surface area contributed by atoms with Crippen LogP contribution in [-0.4, -0.2) is 30.8 Å². The van der Waals surface area contributed by atoms with Gasteiger partial charge in [-0.3, -0.25) is 10.2 Å². The van der Waals surface area contributed by atoms with E-state index >= 15 is 0 Å². The Hall–Kier alpha value is -2.91. The SMILES string of the molecule is COc1cc(C=NNc2nc(C)cs2)cc(Br)c1OCC(=O)Nc1ccccc1C. The molecule has 156 valence electrons. The van der Waals surface area contributed by atoms with Crippen LogP contribution in [0.5, 0.6) is 11.5 Å². The molecule has 2 N–H and O–H groups in total. The van der Waals surface area contributed by atoms with E-state index in [1.165, 1.54) is 11.3 Å². The zero-order valence-corrected chi connectivity index (χ0v) is 19.1. The molecule has 0 saturated carbocycles. The first kappa shape index (κ1) is 21.8. The Morgan fingerprint density at radius 2 is 2.10 bits per heavy atom. The number of carbonyl (C=O) groups is 1. The van der Waals surface area contributed by atoms with Gasteiger partial charge in [0.25, 0.3) is 5.91 Å². The first-order valence-electron chi connectivity index (χ1n) is 9.03. The summed E-state index contributed by atoms with van der Waals surface area (Å²) in [4.78, 5) is 16.6. The minimum atomic E-state index is -0.258. The van der Waals surface area contributed by atoms with E-state index in [1.807, 2.05) is 49.6 Å². The second-order valence-electron chi connectivity index (χ2n) is 6.35. The lowest BCUT2D eigenvalue weighted by molar-refractivity contribution is -0.118. The molecule has 1 amide bonds. The van der Waals surface area contributed by atoms with Crippen LogP contribution in [0.4, 0.5) is 10.8 Å². The molecule has 0 radical (unpaired) electrons. The molecular weight excluding hydrogens is 468 g/mol. The Morgan fingerprint density at radius 3 is 2.80 bits per heavy atom. The van der Waals surface area contributed by atoms with Gasteiger partial charge < -0.3 is 14.8 Å². The van der Waals surface area contributed by atoms with Crippen molar-refractivity contribution in [1.29, 1.82) is 0 Å². The van der Waals surface area contributed by atoms with Gasteiger partial charge in [0.1, 0.15) is 0 Å². The first-order chi connectivity index (χ1) is 14.5. The molecule has 9 heteroatoms. The maximum absolute atomic E-state index is 12.3. The molecule has 1 aromatic heterocycles. The third-order valence-electron chi connectivity index (χ3n) is 4.01. The smallest absolute Gasteiger partial charge is 0.262 e. The number of halogens is 1. The van der Waals surface area contributed by atoms with Crippen molar-refractivity contribution >= 4 is 50.2 Å². The van der Waals surface area contributed by atoms with E-state index in [-0.39, 0.29) is 12.5 Å². The van der Waals surface area contributed by atoms with Gasteiger partial charge in [0, 0.05) is 11.1 Å². The van der Waals surface area contributed by atoms with Crippen molar-refractivity contribution in [2.24, 2.45) is 5.10 Å². The third kappa shape index (κ3) is 5.80. The van der Waals surface area contributed by atoms with Crippen LogP contribution in [0.15, 0.2) is 51.4 Å². The summed E-state index contributed by atoms with van der Waals surface area (Å²) in [6, 6.07) is 11.2. The highest BCUT2D eigenvalue weighted by Crippen LogP contribution is 2.36. The number of amides is 1. The van der Waals surface area contributed by atoms with Gasteiger partial charge in [0.05, 0.1) is 23.5 Å². The number of hydrazone groups is 1. The first-order valence-corrected chi connectivity index (χ1v) is 10.7. The molecule has 3 rings (SSSR count). The van der Waals surface area contributed by atoms with E-state index in [0.717, 1.165) is 27.6 Å². The summed E-state index contributed by atoms with van der Waals surface area (Å²) in [5.41, 5.74) is 6.36. The Balaban J connectivity index is 1.64. The van der Waals surface area contributed by atoms with Crippen molar-refractivity contribution in [2.45, 2.75) is 13.8 Å². The molecule has 3 aromatic rings. The number of anilines is 2. The van der Waals surface area contributed by atoms with Gasteiger partial charge in [0.15, 0.2) is 18.1 Å². The Labute approximate surface area is 187 Å². The normalized spacial score (nSPS) is 10.8. The predicted octanol–water partition coefficient (Wildman–Crippen LogP) is 4.99. The molecule has 0 aliphatic carbocycles. The number of aromatic nitrogens is 1. The van der Waals surface area contributed by atoms with Gasteiger partial charge in [-0.15, -0.1) is 11.3 Å². The number of ether oxygens (including phenoxy) is 2. The zero-order valence-electron chi connectivity index (χ0n) is 16.7. The number of aryl methyl sites for hydroxylation is 2. The van der Waals surface area contributed by atoms with Crippen LogP contribution in [-0.2, 0) is 4.79 Å². The van der Waals surface area contributed by atoms with E-state index in [4.69, 9.17) is 9.47 Å². The molecule has 7 nitrogen and oxygen atoms in total. The Morgan fingerprint density at radius 1 is 1.30 bits per heavy atom. The molecule has 0 aliphatic rings. The van der Waals surface area contributed by atoms with E-state index in [9.17, 15) is 4.79 Å². The maximum Gasteiger partial charge on any atom is 0.262 e. The van der Waals surface area contributed by atoms with Gasteiger partial charge >= 0.3 is 0 Å². The summed E-state index contributed by atoms with van der Waals surface area (Å²) < 4.78 is 11.8. The number of hydrogen-bond acceptors (Lipinski definition) is 7. The molecule has 0 fully saturated rings. The van der Waals surface area contributed by atoms with E-state index in [1.54, 1.807) is 19.4 Å². The lowest BCUT2D eigenvalue weighted by Crippen LogP contribution is -2.21. The Bertz CT molecular complexity index is 1070. The zero-order chi connectivity index (χ0) is 21.5. The van der Waals surface area contributed by atoms with Gasteiger partial charge in [-0.25, -0.2) is 4.98 Å². The van der Waals surface area contributed by atoms with Gasteiger partial charge in [-0.05, 0) is 59.1 Å². The van der Waals surface area contributed by atoms with Crippen molar-refractivity contribution in [3.05, 3.63) is 63.1 Å². The summed E-state index contributed by atoms with van der Waals surface area (Å²) in [5, 5.41) is 9.69. The molecule has 1 heterocycles. The molecule has 0 spiro atoms. The van der Waals surface area contributed by atoms with Crippen molar-refractivity contribution in [1.82, 2.24) is 4.98 Å². The molecule has 30 heavy (non-hydrogen) atoms. The fourth-order valence-electron chi connectivity index (χ4n) is 2.56. The van der Waals surface area contributed by atoms with Crippen LogP contribution in [0.25, 0.3) is 0 Å². The third-order valence-corrected chi connectivity index (χ3v) is 5.47. The van der Waals surface area contributed by atoms with Crippen molar-refractivity contribution in [3.8, 4) is 11.5 Å². The largest absolute Gasteiger partial charge is 0.493 e. The molecular formula is C21H21BrN4O3S. The number of nitrogens with zero attached hydrogens (tertiary/aromatic N) is 2. The fraction of sp³-hybridized carbons (Fsp3) is 0.190. The van der Waals surface area contributed by atoms with Gasteiger partial charge in [-0.2, -0.15) is 5.10 Å². The highest BCUT2D eigenvalue weighted by molar-refractivity contribution is 9.10. The van der Waals surface area contributed by atoms with E-state index in [0.29, 0.717) is 16.0 Å². The molecule has 0 unspecified atom stereocenters. The van der Waals surface area contributed by atoms with Crippen LogP contribution in [0.3, 0.4) is 0 Å². The summed E-state index contributed by atoms with van der Waals surface area (Å²) in [6.07, 6.45) is 1.65. The minimum Gasteiger partial charge on any atom is -0.493 e. The summed E-state index contributed by atoms with van der Waals surface area (Å²) >= 11 is 4.96. The summed E-state index contributed by atoms with van der Waals surface area (Å²) in [5.74, 6) is 0.671. The lowest BCUT2D eigenvalue weighted by Gasteiger charge is -2.14. The average molecular weight is 489 g/mol. The predicted molar refractivity (Wildman–Crippen MR) is 124 cm³/mol. The Kier molecular flexibility index (Phi) is 7.42. The molecule has 0 aliphatic heterocycles. The molecule has 0 bridgehead atoms.